The molecule has 2 aromatic carbocycles. The van der Waals surface area contributed by atoms with E-state index >= 15 is 0 Å². The number of esters is 1. The standard InChI is InChI=1S/C25H28ClN3O4/c1-3-33-24(30)19-10-12-21(13-11-19)27-25(31)29(15-16-32-2)18-22-8-6-14-28(22)17-20-7-4-5-9-23(20)26/h4-14H,3,15-18H2,1-2H3,(H,27,31). The highest BCUT2D eigenvalue weighted by Crippen LogP contribution is 2.19. The van der Waals surface area contributed by atoms with E-state index in [2.05, 4.69) is 9.88 Å². The molecule has 3 rings (SSSR count). The first-order valence-corrected chi connectivity index (χ1v) is 11.1. The van der Waals surface area contributed by atoms with Crippen LogP contribution >= 0.6 is 11.6 Å². The second kappa shape index (κ2) is 12.1. The van der Waals surface area contributed by atoms with E-state index in [0.717, 1.165) is 11.3 Å². The van der Waals surface area contributed by atoms with Crippen molar-refractivity contribution < 1.29 is 19.1 Å². The molecule has 1 aromatic heterocycles. The normalized spacial score (nSPS) is 10.6. The summed E-state index contributed by atoms with van der Waals surface area (Å²) in [6, 6.07) is 18.0. The summed E-state index contributed by atoms with van der Waals surface area (Å²) in [5, 5.41) is 3.59. The van der Waals surface area contributed by atoms with Gasteiger partial charge in [-0.1, -0.05) is 29.8 Å². The van der Waals surface area contributed by atoms with Gasteiger partial charge in [0.25, 0.3) is 0 Å². The molecule has 0 fully saturated rings. The highest BCUT2D eigenvalue weighted by molar-refractivity contribution is 6.31. The van der Waals surface area contributed by atoms with Crippen molar-refractivity contribution in [1.29, 1.82) is 0 Å². The lowest BCUT2D eigenvalue weighted by Crippen LogP contribution is -2.37. The van der Waals surface area contributed by atoms with Gasteiger partial charge in [-0.3, -0.25) is 0 Å². The highest BCUT2D eigenvalue weighted by Gasteiger charge is 2.17. The van der Waals surface area contributed by atoms with Gasteiger partial charge in [0, 0.05) is 42.8 Å². The number of carbonyl (C=O) groups is 2. The third-order valence-electron chi connectivity index (χ3n) is 5.07. The number of aromatic nitrogens is 1. The van der Waals surface area contributed by atoms with Gasteiger partial charge in [0.2, 0.25) is 0 Å². The fourth-order valence-corrected chi connectivity index (χ4v) is 3.51. The summed E-state index contributed by atoms with van der Waals surface area (Å²) in [5.74, 6) is -0.392. The van der Waals surface area contributed by atoms with E-state index in [1.807, 2.05) is 42.6 Å². The Morgan fingerprint density at radius 3 is 2.52 bits per heavy atom. The minimum atomic E-state index is -0.392. The van der Waals surface area contributed by atoms with Crippen LogP contribution in [0.1, 0.15) is 28.5 Å². The quantitative estimate of drug-likeness (QED) is 0.422. The summed E-state index contributed by atoms with van der Waals surface area (Å²) >= 11 is 6.32. The molecular formula is C25H28ClN3O4. The molecular weight excluding hydrogens is 442 g/mol. The van der Waals surface area contributed by atoms with Crippen LogP contribution in [0, 0.1) is 0 Å². The van der Waals surface area contributed by atoms with Gasteiger partial charge >= 0.3 is 12.0 Å². The number of rotatable bonds is 10. The molecule has 174 valence electrons. The van der Waals surface area contributed by atoms with E-state index in [1.165, 1.54) is 0 Å². The van der Waals surface area contributed by atoms with Crippen LogP contribution in [0.2, 0.25) is 5.02 Å². The number of benzene rings is 2. The maximum atomic E-state index is 13.0. The molecule has 0 radical (unpaired) electrons. The van der Waals surface area contributed by atoms with E-state index in [-0.39, 0.29) is 6.03 Å². The summed E-state index contributed by atoms with van der Waals surface area (Å²) in [5.41, 5.74) is 3.00. The van der Waals surface area contributed by atoms with Crippen LogP contribution in [0.5, 0.6) is 0 Å². The third kappa shape index (κ3) is 6.84. The van der Waals surface area contributed by atoms with Crippen molar-refractivity contribution in [3.63, 3.8) is 0 Å². The maximum absolute atomic E-state index is 13.0. The zero-order chi connectivity index (χ0) is 23.6. The van der Waals surface area contributed by atoms with Gasteiger partial charge in [-0.25, -0.2) is 9.59 Å². The van der Waals surface area contributed by atoms with Crippen LogP contribution in [-0.4, -0.2) is 48.3 Å². The van der Waals surface area contributed by atoms with Crippen LogP contribution in [0.15, 0.2) is 66.9 Å². The Hall–Kier alpha value is -3.29. The molecule has 2 amide bonds. The second-order valence-corrected chi connectivity index (χ2v) is 7.77. The molecule has 33 heavy (non-hydrogen) atoms. The van der Waals surface area contributed by atoms with Crippen LogP contribution in [0.4, 0.5) is 10.5 Å². The van der Waals surface area contributed by atoms with Gasteiger partial charge in [0.1, 0.15) is 0 Å². The number of ether oxygens (including phenoxy) is 2. The summed E-state index contributed by atoms with van der Waals surface area (Å²) in [6.07, 6.45) is 1.97. The first-order valence-electron chi connectivity index (χ1n) is 10.7. The Morgan fingerprint density at radius 1 is 1.06 bits per heavy atom. The van der Waals surface area contributed by atoms with Gasteiger partial charge in [-0.2, -0.15) is 0 Å². The molecule has 0 aliphatic heterocycles. The number of hydrogen-bond acceptors (Lipinski definition) is 4. The van der Waals surface area contributed by atoms with Gasteiger partial charge in [-0.05, 0) is 55.0 Å². The van der Waals surface area contributed by atoms with E-state index in [0.29, 0.717) is 49.1 Å². The lowest BCUT2D eigenvalue weighted by atomic mass is 10.2. The summed E-state index contributed by atoms with van der Waals surface area (Å²) in [4.78, 5) is 26.5. The van der Waals surface area contributed by atoms with Crippen molar-refractivity contribution in [2.24, 2.45) is 0 Å². The zero-order valence-electron chi connectivity index (χ0n) is 18.8. The van der Waals surface area contributed by atoms with Gasteiger partial charge in [0.15, 0.2) is 0 Å². The van der Waals surface area contributed by atoms with Gasteiger partial charge in [0.05, 0.1) is 25.3 Å². The number of nitrogens with zero attached hydrogens (tertiary/aromatic N) is 2. The molecule has 1 heterocycles. The number of methoxy groups -OCH3 is 1. The molecule has 0 saturated carbocycles. The van der Waals surface area contributed by atoms with Crippen molar-refractivity contribution in [2.75, 3.05) is 32.2 Å². The Balaban J connectivity index is 1.70. The van der Waals surface area contributed by atoms with Crippen LogP contribution < -0.4 is 5.32 Å². The van der Waals surface area contributed by atoms with Crippen molar-refractivity contribution in [2.45, 2.75) is 20.0 Å². The zero-order valence-corrected chi connectivity index (χ0v) is 19.5. The van der Waals surface area contributed by atoms with E-state index < -0.39 is 5.97 Å². The predicted molar refractivity (Wildman–Crippen MR) is 129 cm³/mol. The molecule has 1 N–H and O–H groups in total. The molecule has 0 unspecified atom stereocenters. The fourth-order valence-electron chi connectivity index (χ4n) is 3.31. The lowest BCUT2D eigenvalue weighted by molar-refractivity contribution is 0.0526. The fraction of sp³-hybridized carbons (Fsp3) is 0.280. The summed E-state index contributed by atoms with van der Waals surface area (Å²) in [6.45, 7) is 3.89. The monoisotopic (exact) mass is 469 g/mol. The van der Waals surface area contributed by atoms with Gasteiger partial charge in [-0.15, -0.1) is 0 Å². The molecule has 0 aliphatic carbocycles. The molecule has 0 saturated heterocycles. The van der Waals surface area contributed by atoms with Crippen molar-refractivity contribution in [3.05, 3.63) is 88.7 Å². The molecule has 0 spiro atoms. The van der Waals surface area contributed by atoms with Crippen LogP contribution in [-0.2, 0) is 22.6 Å². The summed E-state index contributed by atoms with van der Waals surface area (Å²) < 4.78 is 12.3. The Labute approximate surface area is 198 Å². The number of nitrogens with one attached hydrogen (secondary N) is 1. The average Bonchev–Trinajstić information content (AvgIpc) is 3.25. The number of urea groups is 1. The van der Waals surface area contributed by atoms with E-state index in [9.17, 15) is 9.59 Å². The number of hydrogen-bond donors (Lipinski definition) is 1. The minimum absolute atomic E-state index is 0.263. The highest BCUT2D eigenvalue weighted by atomic mass is 35.5. The SMILES string of the molecule is CCOC(=O)c1ccc(NC(=O)N(CCOC)Cc2cccn2Cc2ccccc2Cl)cc1. The molecule has 0 aliphatic rings. The maximum Gasteiger partial charge on any atom is 0.338 e. The number of amides is 2. The molecule has 8 heteroatoms. The van der Waals surface area contributed by atoms with Crippen molar-refractivity contribution >= 4 is 29.3 Å². The average molecular weight is 470 g/mol. The van der Waals surface area contributed by atoms with Crippen molar-refractivity contribution in [1.82, 2.24) is 9.47 Å². The third-order valence-corrected chi connectivity index (χ3v) is 5.44. The van der Waals surface area contributed by atoms with Crippen LogP contribution in [0.25, 0.3) is 0 Å². The van der Waals surface area contributed by atoms with E-state index in [1.54, 1.807) is 43.2 Å². The Bertz CT molecular complexity index is 1070. The number of anilines is 1. The molecule has 0 bridgehead atoms. The van der Waals surface area contributed by atoms with Crippen LogP contribution in [0.3, 0.4) is 0 Å². The minimum Gasteiger partial charge on any atom is -0.462 e. The number of halogens is 1. The van der Waals surface area contributed by atoms with Gasteiger partial charge < -0.3 is 24.3 Å². The second-order valence-electron chi connectivity index (χ2n) is 7.36. The predicted octanol–water partition coefficient (Wildman–Crippen LogP) is 5.05. The number of carbonyl (C=O) groups excluding carboxylic acids is 2. The largest absolute Gasteiger partial charge is 0.462 e. The van der Waals surface area contributed by atoms with E-state index in [4.69, 9.17) is 21.1 Å². The van der Waals surface area contributed by atoms with Crippen molar-refractivity contribution in [3.8, 4) is 0 Å². The molecule has 3 aromatic rings. The molecule has 7 nitrogen and oxygen atoms in total. The lowest BCUT2D eigenvalue weighted by Gasteiger charge is -2.24. The Morgan fingerprint density at radius 2 is 1.82 bits per heavy atom. The summed E-state index contributed by atoms with van der Waals surface area (Å²) in [7, 11) is 1.60. The molecule has 0 atom stereocenters. The first kappa shape index (κ1) is 24.4. The smallest absolute Gasteiger partial charge is 0.338 e. The Kier molecular flexibility index (Phi) is 8.92. The first-order chi connectivity index (χ1) is 16.0. The topological polar surface area (TPSA) is 72.8 Å².